The van der Waals surface area contributed by atoms with E-state index in [0.717, 1.165) is 9.35 Å². The number of anilines is 1. The summed E-state index contributed by atoms with van der Waals surface area (Å²) in [6.07, 6.45) is 0. The van der Waals surface area contributed by atoms with E-state index >= 15 is 0 Å². The zero-order valence-electron chi connectivity index (χ0n) is 9.22. The van der Waals surface area contributed by atoms with Gasteiger partial charge in [-0.15, -0.1) is 11.3 Å². The molecular weight excluding hydrogens is 318 g/mol. The van der Waals surface area contributed by atoms with Crippen molar-refractivity contribution < 1.29 is 14.6 Å². The minimum absolute atomic E-state index is 0.157. The van der Waals surface area contributed by atoms with E-state index in [2.05, 4.69) is 15.9 Å². The van der Waals surface area contributed by atoms with Crippen LogP contribution in [0.2, 0.25) is 0 Å². The number of nitrogens with two attached hydrogens (primary N) is 1. The van der Waals surface area contributed by atoms with Gasteiger partial charge in [-0.05, 0) is 45.6 Å². The van der Waals surface area contributed by atoms with Crippen molar-refractivity contribution in [1.29, 1.82) is 0 Å². The average molecular weight is 328 g/mol. The van der Waals surface area contributed by atoms with Crippen LogP contribution in [0.5, 0.6) is 5.75 Å². The van der Waals surface area contributed by atoms with Gasteiger partial charge >= 0.3 is 5.97 Å². The largest absolute Gasteiger partial charge is 0.486 e. The molecule has 0 saturated carbocycles. The summed E-state index contributed by atoms with van der Waals surface area (Å²) in [4.78, 5) is 11.9. The van der Waals surface area contributed by atoms with Crippen molar-refractivity contribution in [3.8, 4) is 5.75 Å². The fourth-order valence-electron chi connectivity index (χ4n) is 1.36. The first kappa shape index (κ1) is 12.9. The fourth-order valence-corrected chi connectivity index (χ4v) is 2.74. The molecule has 0 spiro atoms. The molecule has 0 atom stereocenters. The molecule has 0 unspecified atom stereocenters. The molecule has 0 aliphatic carbocycles. The molecule has 0 amide bonds. The molecular formula is C12H10BrNO3S. The lowest BCUT2D eigenvalue weighted by Crippen LogP contribution is -2.01. The molecule has 2 rings (SSSR count). The first-order chi connectivity index (χ1) is 8.58. The van der Waals surface area contributed by atoms with Crippen molar-refractivity contribution in [3.63, 3.8) is 0 Å². The highest BCUT2D eigenvalue weighted by Gasteiger charge is 2.09. The Hall–Kier alpha value is -1.53. The quantitative estimate of drug-likeness (QED) is 0.844. The minimum atomic E-state index is -1.00. The Labute approximate surface area is 116 Å². The zero-order valence-corrected chi connectivity index (χ0v) is 11.6. The van der Waals surface area contributed by atoms with E-state index in [0.29, 0.717) is 18.0 Å². The molecule has 94 valence electrons. The van der Waals surface area contributed by atoms with E-state index in [9.17, 15) is 4.79 Å². The van der Waals surface area contributed by atoms with Crippen molar-refractivity contribution in [2.75, 3.05) is 5.73 Å². The van der Waals surface area contributed by atoms with Crippen LogP contribution < -0.4 is 10.5 Å². The Balaban J connectivity index is 2.16. The molecule has 18 heavy (non-hydrogen) atoms. The van der Waals surface area contributed by atoms with E-state index in [1.165, 1.54) is 18.2 Å². The van der Waals surface area contributed by atoms with Gasteiger partial charge in [-0.1, -0.05) is 0 Å². The molecule has 0 radical (unpaired) electrons. The van der Waals surface area contributed by atoms with E-state index in [1.807, 2.05) is 11.4 Å². The number of hydrogen-bond donors (Lipinski definition) is 2. The lowest BCUT2D eigenvalue weighted by atomic mass is 10.2. The summed E-state index contributed by atoms with van der Waals surface area (Å²) < 4.78 is 6.52. The number of rotatable bonds is 4. The highest BCUT2D eigenvalue weighted by atomic mass is 79.9. The van der Waals surface area contributed by atoms with Gasteiger partial charge in [0, 0.05) is 4.47 Å². The number of halogens is 1. The van der Waals surface area contributed by atoms with Crippen LogP contribution >= 0.6 is 27.3 Å². The highest BCUT2D eigenvalue weighted by Crippen LogP contribution is 2.27. The Morgan fingerprint density at radius 3 is 2.83 bits per heavy atom. The van der Waals surface area contributed by atoms with Gasteiger partial charge in [-0.3, -0.25) is 0 Å². The zero-order chi connectivity index (χ0) is 13.1. The average Bonchev–Trinajstić information content (AvgIpc) is 2.73. The molecule has 0 saturated heterocycles. The van der Waals surface area contributed by atoms with Gasteiger partial charge in [0.25, 0.3) is 0 Å². The van der Waals surface area contributed by atoms with E-state index in [1.54, 1.807) is 11.3 Å². The molecule has 6 heteroatoms. The van der Waals surface area contributed by atoms with Crippen molar-refractivity contribution in [2.45, 2.75) is 6.61 Å². The van der Waals surface area contributed by atoms with Crippen molar-refractivity contribution in [3.05, 3.63) is 44.6 Å². The second-order valence-corrected chi connectivity index (χ2v) is 5.39. The fraction of sp³-hybridized carbons (Fsp3) is 0.0833. The van der Waals surface area contributed by atoms with Crippen molar-refractivity contribution in [1.82, 2.24) is 0 Å². The SMILES string of the molecule is Nc1ccc(C(=O)O)cc1OCc1sccc1Br. The van der Waals surface area contributed by atoms with Gasteiger partial charge in [-0.2, -0.15) is 0 Å². The van der Waals surface area contributed by atoms with Gasteiger partial charge in [0.1, 0.15) is 12.4 Å². The Kier molecular flexibility index (Phi) is 3.88. The van der Waals surface area contributed by atoms with Crippen LogP contribution in [0, 0.1) is 0 Å². The van der Waals surface area contributed by atoms with Crippen molar-refractivity contribution in [2.24, 2.45) is 0 Å². The summed E-state index contributed by atoms with van der Waals surface area (Å²) in [5.41, 5.74) is 6.32. The minimum Gasteiger partial charge on any atom is -0.486 e. The summed E-state index contributed by atoms with van der Waals surface area (Å²) >= 11 is 4.96. The molecule has 2 aromatic rings. The van der Waals surface area contributed by atoms with Crippen LogP contribution in [-0.2, 0) is 6.61 Å². The van der Waals surface area contributed by atoms with Crippen LogP contribution in [0.4, 0.5) is 5.69 Å². The summed E-state index contributed by atoms with van der Waals surface area (Å²) in [6, 6.07) is 6.34. The van der Waals surface area contributed by atoms with E-state index in [4.69, 9.17) is 15.6 Å². The second kappa shape index (κ2) is 5.41. The number of nitrogen functional groups attached to an aromatic ring is 1. The van der Waals surface area contributed by atoms with Crippen LogP contribution in [-0.4, -0.2) is 11.1 Å². The lowest BCUT2D eigenvalue weighted by Gasteiger charge is -2.09. The van der Waals surface area contributed by atoms with E-state index < -0.39 is 5.97 Å². The summed E-state index contributed by atoms with van der Waals surface area (Å²) in [5.74, 6) is -0.618. The topological polar surface area (TPSA) is 72.6 Å². The first-order valence-corrected chi connectivity index (χ1v) is 6.72. The summed E-state index contributed by atoms with van der Waals surface area (Å²) in [6.45, 7) is 0.353. The van der Waals surface area contributed by atoms with Crippen LogP contribution in [0.3, 0.4) is 0 Å². The Morgan fingerprint density at radius 1 is 1.44 bits per heavy atom. The summed E-state index contributed by atoms with van der Waals surface area (Å²) in [5, 5.41) is 10.8. The highest BCUT2D eigenvalue weighted by molar-refractivity contribution is 9.10. The monoisotopic (exact) mass is 327 g/mol. The molecule has 3 N–H and O–H groups in total. The lowest BCUT2D eigenvalue weighted by molar-refractivity contribution is 0.0696. The van der Waals surface area contributed by atoms with Gasteiger partial charge in [-0.25, -0.2) is 4.79 Å². The maximum Gasteiger partial charge on any atom is 0.335 e. The number of carboxylic acids is 1. The first-order valence-electron chi connectivity index (χ1n) is 5.05. The molecule has 1 heterocycles. The number of carboxylic acid groups (broad SMARTS) is 1. The third-order valence-electron chi connectivity index (χ3n) is 2.31. The third-order valence-corrected chi connectivity index (χ3v) is 4.21. The number of ether oxygens (including phenoxy) is 1. The smallest absolute Gasteiger partial charge is 0.335 e. The Morgan fingerprint density at radius 2 is 2.22 bits per heavy atom. The molecule has 0 aliphatic rings. The number of carbonyl (C=O) groups is 1. The molecule has 1 aromatic carbocycles. The molecule has 1 aromatic heterocycles. The normalized spacial score (nSPS) is 10.3. The van der Waals surface area contributed by atoms with Gasteiger partial charge in [0.2, 0.25) is 0 Å². The molecule has 4 nitrogen and oxygen atoms in total. The van der Waals surface area contributed by atoms with Gasteiger partial charge in [0.15, 0.2) is 0 Å². The van der Waals surface area contributed by atoms with Gasteiger partial charge < -0.3 is 15.6 Å². The van der Waals surface area contributed by atoms with Crippen LogP contribution in [0.1, 0.15) is 15.2 Å². The molecule has 0 bridgehead atoms. The van der Waals surface area contributed by atoms with E-state index in [-0.39, 0.29) is 5.56 Å². The molecule has 0 aliphatic heterocycles. The second-order valence-electron chi connectivity index (χ2n) is 3.54. The van der Waals surface area contributed by atoms with Gasteiger partial charge in [0.05, 0.1) is 16.1 Å². The number of aromatic carboxylic acids is 1. The van der Waals surface area contributed by atoms with Crippen LogP contribution in [0.25, 0.3) is 0 Å². The number of thiophene rings is 1. The van der Waals surface area contributed by atoms with Crippen LogP contribution in [0.15, 0.2) is 34.1 Å². The number of hydrogen-bond acceptors (Lipinski definition) is 4. The standard InChI is InChI=1S/C12H10BrNO3S/c13-8-3-4-18-11(8)6-17-10-5-7(12(15)16)1-2-9(10)14/h1-5H,6,14H2,(H,15,16). The maximum atomic E-state index is 10.8. The predicted molar refractivity (Wildman–Crippen MR) is 74.2 cm³/mol. The summed E-state index contributed by atoms with van der Waals surface area (Å²) in [7, 11) is 0. The Bertz CT molecular complexity index is 582. The predicted octanol–water partition coefficient (Wildman–Crippen LogP) is 3.37. The third kappa shape index (κ3) is 2.83. The number of benzene rings is 1. The molecule has 0 fully saturated rings. The maximum absolute atomic E-state index is 10.8. The van der Waals surface area contributed by atoms with Crippen molar-refractivity contribution >= 4 is 38.9 Å².